The number of benzene rings is 1. The van der Waals surface area contributed by atoms with E-state index in [2.05, 4.69) is 15.3 Å². The smallest absolute Gasteiger partial charge is 0.254 e. The zero-order chi connectivity index (χ0) is 13.5. The molecular weight excluding hydrogens is 250 g/mol. The molecule has 4 rings (SSSR count). The van der Waals surface area contributed by atoms with Gasteiger partial charge in [0.2, 0.25) is 0 Å². The van der Waals surface area contributed by atoms with Gasteiger partial charge in [-0.1, -0.05) is 24.3 Å². The molecule has 0 saturated heterocycles. The Morgan fingerprint density at radius 1 is 1.05 bits per heavy atom. The second-order valence-corrected chi connectivity index (χ2v) is 4.75. The fourth-order valence-electron chi connectivity index (χ4n) is 2.70. The normalized spacial score (nSPS) is 13.3. The van der Waals surface area contributed by atoms with Gasteiger partial charge in [-0.05, 0) is 12.1 Å². The number of para-hydroxylation sites is 1. The molecule has 1 aliphatic heterocycles. The number of hydrogen-bond acceptors (Lipinski definition) is 3. The van der Waals surface area contributed by atoms with Crippen LogP contribution in [-0.2, 0) is 6.54 Å². The van der Waals surface area contributed by atoms with Gasteiger partial charge in [-0.25, -0.2) is 0 Å². The number of hydrogen-bond donors (Lipinski definition) is 1. The molecule has 96 valence electrons. The number of carbonyl (C=O) groups is 1. The van der Waals surface area contributed by atoms with Gasteiger partial charge in [-0.2, -0.15) is 0 Å². The number of carbonyl (C=O) groups excluding carboxylic acids is 1. The number of nitrogens with zero attached hydrogens (tertiary/aromatic N) is 2. The summed E-state index contributed by atoms with van der Waals surface area (Å²) < 4.78 is 0. The highest BCUT2D eigenvalue weighted by atomic mass is 16.1. The third-order valence-corrected chi connectivity index (χ3v) is 3.56. The summed E-state index contributed by atoms with van der Waals surface area (Å²) in [5, 5.41) is 3.83. The predicted molar refractivity (Wildman–Crippen MR) is 76.1 cm³/mol. The first-order chi connectivity index (χ1) is 9.84. The van der Waals surface area contributed by atoms with E-state index in [9.17, 15) is 4.79 Å². The summed E-state index contributed by atoms with van der Waals surface area (Å²) >= 11 is 0. The van der Waals surface area contributed by atoms with Crippen molar-refractivity contribution in [3.8, 4) is 11.1 Å². The lowest BCUT2D eigenvalue weighted by atomic mass is 9.96. The maximum atomic E-state index is 12.1. The van der Waals surface area contributed by atoms with E-state index in [0.29, 0.717) is 12.1 Å². The molecule has 1 aromatic carbocycles. The van der Waals surface area contributed by atoms with E-state index in [-0.39, 0.29) is 5.91 Å². The third-order valence-electron chi connectivity index (χ3n) is 3.56. The SMILES string of the molecule is O=C1NCc2nc3ccccc3c(-c3cccnc3)c21. The van der Waals surface area contributed by atoms with E-state index in [1.165, 1.54) is 0 Å². The molecule has 0 bridgehead atoms. The van der Waals surface area contributed by atoms with Gasteiger partial charge in [0, 0.05) is 28.9 Å². The highest BCUT2D eigenvalue weighted by Gasteiger charge is 2.26. The summed E-state index contributed by atoms with van der Waals surface area (Å²) in [5.74, 6) is -0.0582. The van der Waals surface area contributed by atoms with Gasteiger partial charge in [0.25, 0.3) is 5.91 Å². The topological polar surface area (TPSA) is 54.9 Å². The molecule has 20 heavy (non-hydrogen) atoms. The van der Waals surface area contributed by atoms with Crippen LogP contribution in [0.3, 0.4) is 0 Å². The molecule has 0 unspecified atom stereocenters. The highest BCUT2D eigenvalue weighted by Crippen LogP contribution is 2.34. The maximum Gasteiger partial charge on any atom is 0.254 e. The summed E-state index contributed by atoms with van der Waals surface area (Å²) in [6, 6.07) is 11.7. The second-order valence-electron chi connectivity index (χ2n) is 4.75. The Morgan fingerprint density at radius 3 is 2.80 bits per heavy atom. The standard InChI is InChI=1S/C16H11N3O/c20-16-15-13(9-18-16)19-12-6-2-1-5-11(12)14(15)10-4-3-7-17-8-10/h1-8H,9H2,(H,18,20). The number of amides is 1. The van der Waals surface area contributed by atoms with Crippen LogP contribution in [0.5, 0.6) is 0 Å². The van der Waals surface area contributed by atoms with Crippen molar-refractivity contribution in [3.05, 3.63) is 60.0 Å². The molecule has 4 heteroatoms. The van der Waals surface area contributed by atoms with Gasteiger partial charge < -0.3 is 5.32 Å². The largest absolute Gasteiger partial charge is 0.346 e. The van der Waals surface area contributed by atoms with Crippen molar-refractivity contribution in [2.45, 2.75) is 6.54 Å². The highest BCUT2D eigenvalue weighted by molar-refractivity contribution is 6.11. The van der Waals surface area contributed by atoms with Crippen molar-refractivity contribution in [3.63, 3.8) is 0 Å². The van der Waals surface area contributed by atoms with Crippen molar-refractivity contribution in [1.29, 1.82) is 0 Å². The molecule has 1 aliphatic rings. The van der Waals surface area contributed by atoms with Crippen LogP contribution in [0.25, 0.3) is 22.0 Å². The van der Waals surface area contributed by atoms with E-state index < -0.39 is 0 Å². The first-order valence-electron chi connectivity index (χ1n) is 6.45. The molecule has 0 atom stereocenters. The fraction of sp³-hybridized carbons (Fsp3) is 0.0625. The Bertz CT molecular complexity index is 828. The van der Waals surface area contributed by atoms with Gasteiger partial charge >= 0.3 is 0 Å². The average Bonchev–Trinajstić information content (AvgIpc) is 2.87. The van der Waals surface area contributed by atoms with Crippen molar-refractivity contribution in [2.75, 3.05) is 0 Å². The molecule has 0 radical (unpaired) electrons. The lowest BCUT2D eigenvalue weighted by Crippen LogP contribution is -2.13. The van der Waals surface area contributed by atoms with Crippen LogP contribution in [-0.4, -0.2) is 15.9 Å². The second kappa shape index (κ2) is 4.13. The molecule has 0 fully saturated rings. The first-order valence-corrected chi connectivity index (χ1v) is 6.45. The van der Waals surface area contributed by atoms with E-state index in [1.807, 2.05) is 36.4 Å². The third kappa shape index (κ3) is 1.51. The Hall–Kier alpha value is -2.75. The van der Waals surface area contributed by atoms with Crippen LogP contribution in [0.1, 0.15) is 16.1 Å². The molecule has 0 aliphatic carbocycles. The molecular formula is C16H11N3O. The van der Waals surface area contributed by atoms with E-state index in [0.717, 1.165) is 27.7 Å². The van der Waals surface area contributed by atoms with Crippen molar-refractivity contribution < 1.29 is 4.79 Å². The Morgan fingerprint density at radius 2 is 1.95 bits per heavy atom. The van der Waals surface area contributed by atoms with Crippen LogP contribution in [0.4, 0.5) is 0 Å². The van der Waals surface area contributed by atoms with Crippen LogP contribution in [0.2, 0.25) is 0 Å². The predicted octanol–water partition coefficient (Wildman–Crippen LogP) is 2.54. The maximum absolute atomic E-state index is 12.1. The molecule has 0 saturated carbocycles. The Balaban J connectivity index is 2.17. The molecule has 4 nitrogen and oxygen atoms in total. The summed E-state index contributed by atoms with van der Waals surface area (Å²) in [5.41, 5.74) is 4.26. The first kappa shape index (κ1) is 11.1. The van der Waals surface area contributed by atoms with Crippen LogP contribution < -0.4 is 5.32 Å². The minimum Gasteiger partial charge on any atom is -0.346 e. The average molecular weight is 261 g/mol. The fourth-order valence-corrected chi connectivity index (χ4v) is 2.70. The summed E-state index contributed by atoms with van der Waals surface area (Å²) in [7, 11) is 0. The molecule has 1 amide bonds. The quantitative estimate of drug-likeness (QED) is 0.732. The molecule has 3 aromatic rings. The van der Waals surface area contributed by atoms with E-state index in [4.69, 9.17) is 0 Å². The van der Waals surface area contributed by atoms with Crippen molar-refractivity contribution in [1.82, 2.24) is 15.3 Å². The van der Waals surface area contributed by atoms with Crippen LogP contribution >= 0.6 is 0 Å². The van der Waals surface area contributed by atoms with Crippen molar-refractivity contribution in [2.24, 2.45) is 0 Å². The number of aromatic nitrogens is 2. The number of nitrogens with one attached hydrogen (secondary N) is 1. The summed E-state index contributed by atoms with van der Waals surface area (Å²) in [4.78, 5) is 20.9. The van der Waals surface area contributed by atoms with Gasteiger partial charge in [0.05, 0.1) is 23.3 Å². The number of rotatable bonds is 1. The molecule has 1 N–H and O–H groups in total. The van der Waals surface area contributed by atoms with Gasteiger partial charge in [0.1, 0.15) is 0 Å². The van der Waals surface area contributed by atoms with Crippen LogP contribution in [0.15, 0.2) is 48.8 Å². The number of fused-ring (bicyclic) bond motifs is 2. The Labute approximate surface area is 115 Å². The lowest BCUT2D eigenvalue weighted by molar-refractivity contribution is 0.0966. The van der Waals surface area contributed by atoms with E-state index >= 15 is 0 Å². The number of pyridine rings is 2. The van der Waals surface area contributed by atoms with Gasteiger partial charge in [-0.3, -0.25) is 14.8 Å². The summed E-state index contributed by atoms with van der Waals surface area (Å²) in [6.45, 7) is 0.492. The van der Waals surface area contributed by atoms with Crippen LogP contribution in [0, 0.1) is 0 Å². The van der Waals surface area contributed by atoms with E-state index in [1.54, 1.807) is 12.4 Å². The molecule has 2 aromatic heterocycles. The minimum absolute atomic E-state index is 0.0582. The molecule has 3 heterocycles. The minimum atomic E-state index is -0.0582. The van der Waals surface area contributed by atoms with Gasteiger partial charge in [0.15, 0.2) is 0 Å². The molecule has 0 spiro atoms. The zero-order valence-electron chi connectivity index (χ0n) is 10.6. The summed E-state index contributed by atoms with van der Waals surface area (Å²) in [6.07, 6.45) is 3.51. The van der Waals surface area contributed by atoms with Crippen molar-refractivity contribution >= 4 is 16.8 Å². The zero-order valence-corrected chi connectivity index (χ0v) is 10.6. The van der Waals surface area contributed by atoms with Gasteiger partial charge in [-0.15, -0.1) is 0 Å². The lowest BCUT2D eigenvalue weighted by Gasteiger charge is -2.10. The monoisotopic (exact) mass is 261 g/mol. The Kier molecular flexibility index (Phi) is 2.29.